The summed E-state index contributed by atoms with van der Waals surface area (Å²) in [6, 6.07) is 20.1. The predicted molar refractivity (Wildman–Crippen MR) is 498 cm³/mol. The summed E-state index contributed by atoms with van der Waals surface area (Å²) in [5, 5.41) is 1.31. The molecule has 0 amide bonds. The monoisotopic (exact) mass is 2260 g/mol. The molecule has 0 spiro atoms. The smallest absolute Gasteiger partial charge is 0.494 e. The maximum Gasteiger partial charge on any atom is 2.00 e. The van der Waals surface area contributed by atoms with Gasteiger partial charge < -0.3 is 60.7 Å². The Morgan fingerprint density at radius 1 is 0.401 bits per heavy atom. The standard InChI is InChI=1S/C34H48F6O4S2.C32H46F6O3S2.C26H37O2S2.C7H6F9O.W/c1-31-15-14-27-26-11-8-24(42-17-5-19-45-46-25-9-7-23(21-25)41-3)20-22(26)6-10-28(27)29(31)12-13-30(31)43-16-4-18-44-32(2,33(35,36)37)34(38,39)40;1-4-5-19-42-43-20-7-17-39-23-9-11-24-22(21-23)8-10-26-25(24)14-15-29(2)27(26)12-13-28(29)40-16-6-18-41-30(3,31(33,34)35)32(36,37)38;1-27-20-8-10-22(17-20)30-29-15-3-14-28-21-9-13-24-19(16-21)7-12-25-23-5-2-4-18(23)6-11-26(24)25;1-2-3-17-4(5(8,9)10,6(11,12)13)7(14,15)16;/h8,11,20,23,25,27-30H,4-7,9-10,12-19,21H2,1-3H3;9,11,21,25-28H,4-8,10,12-20H2,1-3H3;4,9,13,16,18,20,22-23,25-26H,2-3,5-8,10-12,14-15,17H2,1H3;1-3H2;/q;;2*-1;+2/t23?,25?,27?,28?,29?,30-,31-;;18?,20?,22?,23-,25+,26-;;/m0.1../s1/i3D;2*1D;;. The Kier molecular flexibility index (Phi) is 42.1. The van der Waals surface area contributed by atoms with E-state index in [2.05, 4.69) is 96.0 Å². The molecule has 3 aromatic rings. The average molecular weight is 2270 g/mol. The molecule has 0 saturated heterocycles. The van der Waals surface area contributed by atoms with E-state index in [0.717, 1.165) is 212 Å². The first kappa shape index (κ1) is 112. The quantitative estimate of drug-likeness (QED) is 0.0234. The summed E-state index contributed by atoms with van der Waals surface area (Å²) in [4.78, 5) is 0. The van der Waals surface area contributed by atoms with Crippen molar-refractivity contribution in [2.45, 2.75) is 353 Å². The van der Waals surface area contributed by atoms with Gasteiger partial charge >= 0.3 is 69.9 Å². The third kappa shape index (κ3) is 28.8. The minimum Gasteiger partial charge on any atom is -0.494 e. The first-order valence-corrected chi connectivity index (χ1v) is 55.4. The number of aryl methyl sites for hydroxylation is 3. The molecule has 10 nitrogen and oxygen atoms in total. The molecule has 3 aromatic carbocycles. The number of hydrogen-bond donors (Lipinski definition) is 0. The van der Waals surface area contributed by atoms with Crippen molar-refractivity contribution in [2.24, 2.45) is 52.3 Å². The van der Waals surface area contributed by atoms with E-state index in [9.17, 15) is 92.2 Å². The summed E-state index contributed by atoms with van der Waals surface area (Å²) in [5.41, 5.74) is -5.85. The molecule has 0 radical (unpaired) electrons. The number of hydrogen-bond acceptors (Lipinski definition) is 16. The van der Waals surface area contributed by atoms with E-state index in [1.807, 2.05) is 64.8 Å². The fourth-order valence-corrected chi connectivity index (χ4v) is 31.1. The second kappa shape index (κ2) is 51.3. The van der Waals surface area contributed by atoms with Gasteiger partial charge in [0.15, 0.2) is 0 Å². The van der Waals surface area contributed by atoms with Gasteiger partial charge in [0, 0.05) is 68.9 Å². The zero-order valence-electron chi connectivity index (χ0n) is 81.3. The van der Waals surface area contributed by atoms with Crippen LogP contribution in [-0.2, 0) is 73.5 Å². The SMILES string of the molecule is [2H]CCCCSSCCCOc1ccc2c(c1)CCC1C2CCC2(C)C(OCCCOC(C)(C(F)(F)F)C(F)(F)F)CCC12.[2H]COC1CCC(SSCCCOc2ccc3c(c2)CCC2C3CC[C@@]3(C)C2CC[C@@H]3OCCCOC(C)(C(F)(F)F)C(F)(F)F)C1.[2H]COC1CCC(SSCCCOc2ccc3c(c2)CC[C@@H]2[C@@H]3CCC3[CH-]CC[C@H]32)C1.[CH2-]CCOC(C(F)(F)F)(C(F)(F)F)C(F)(F)F.[W+2]. The Morgan fingerprint density at radius 3 is 1.18 bits per heavy atom. The summed E-state index contributed by atoms with van der Waals surface area (Å²) < 4.78 is 341. The molecule has 14 rings (SSSR count). The van der Waals surface area contributed by atoms with Gasteiger partial charge in [0.1, 0.15) is 17.2 Å². The molecule has 38 heteroatoms. The molecule has 0 bridgehead atoms. The largest absolute Gasteiger partial charge is 2.00 e. The Morgan fingerprint density at radius 2 is 0.796 bits per heavy atom. The molecule has 0 aliphatic heterocycles. The van der Waals surface area contributed by atoms with Gasteiger partial charge in [-0.3, -0.25) is 0 Å². The molecule has 8 saturated carbocycles. The van der Waals surface area contributed by atoms with Crippen LogP contribution in [0.1, 0.15) is 276 Å². The summed E-state index contributed by atoms with van der Waals surface area (Å²) in [6.07, 6.45) is -7.75. The van der Waals surface area contributed by atoms with E-state index in [1.54, 1.807) is 11.1 Å². The van der Waals surface area contributed by atoms with Crippen LogP contribution in [0.25, 0.3) is 0 Å². The number of rotatable bonds is 40. The van der Waals surface area contributed by atoms with Crippen LogP contribution in [0.15, 0.2) is 54.6 Å². The van der Waals surface area contributed by atoms with Crippen LogP contribution in [0, 0.1) is 65.6 Å². The first-order valence-electron chi connectivity index (χ1n) is 50.3. The Hall–Kier alpha value is -1.90. The van der Waals surface area contributed by atoms with Gasteiger partial charge in [-0.25, -0.2) is 0 Å². The maximum absolute atomic E-state index is 13.1. The second-order valence-corrected chi connectivity index (χ2v) is 47.3. The summed E-state index contributed by atoms with van der Waals surface area (Å²) in [5.74, 6) is 13.9. The number of ether oxygens (including phenoxy) is 10. The Labute approximate surface area is 837 Å². The summed E-state index contributed by atoms with van der Waals surface area (Å²) in [6.45, 7) is 7.46. The molecule has 137 heavy (non-hydrogen) atoms. The van der Waals surface area contributed by atoms with Gasteiger partial charge in [-0.15, -0.1) is 0 Å². The van der Waals surface area contributed by atoms with Crippen LogP contribution in [0.2, 0.25) is 0 Å². The van der Waals surface area contributed by atoms with Crippen molar-refractivity contribution in [1.82, 2.24) is 0 Å². The van der Waals surface area contributed by atoms with Crippen molar-refractivity contribution in [3.8, 4) is 17.2 Å². The summed E-state index contributed by atoms with van der Waals surface area (Å²) in [7, 11) is 11.8. The van der Waals surface area contributed by atoms with Crippen molar-refractivity contribution >= 4 is 64.8 Å². The van der Waals surface area contributed by atoms with Gasteiger partial charge in [-0.05, 0) is 315 Å². The molecule has 0 aromatic heterocycles. The topological polar surface area (TPSA) is 92.3 Å². The van der Waals surface area contributed by atoms with Crippen LogP contribution in [-0.4, -0.2) is 185 Å². The fourth-order valence-electron chi connectivity index (χ4n) is 23.3. The molecule has 0 heterocycles. The van der Waals surface area contributed by atoms with Gasteiger partial charge in [0.2, 0.25) is 0 Å². The van der Waals surface area contributed by atoms with Crippen molar-refractivity contribution in [1.29, 1.82) is 0 Å². The summed E-state index contributed by atoms with van der Waals surface area (Å²) >= 11 is 0. The molecule has 11 aliphatic carbocycles. The van der Waals surface area contributed by atoms with Crippen molar-refractivity contribution in [3.63, 3.8) is 0 Å². The molecule has 0 N–H and O–H groups in total. The normalized spacial score (nSPS) is 29.0. The van der Waals surface area contributed by atoms with E-state index < -0.39 is 86.3 Å². The Balaban J connectivity index is 0.000000202. The molecule has 11 aliphatic rings. The predicted octanol–water partition coefficient (Wildman–Crippen LogP) is 30.8. The molecule has 782 valence electrons. The maximum atomic E-state index is 13.1. The number of fused-ring (bicyclic) bond motifs is 15. The molecule has 13 unspecified atom stereocenters. The van der Waals surface area contributed by atoms with E-state index in [4.69, 9.17) is 37.3 Å². The number of halogens is 21. The zero-order chi connectivity index (χ0) is 101. The van der Waals surface area contributed by atoms with Gasteiger partial charge in [-0.1, -0.05) is 129 Å². The molecule has 18 atom stereocenters. The zero-order valence-corrected chi connectivity index (χ0v) is 86.2. The number of methoxy groups -OCH3 is 2. The van der Waals surface area contributed by atoms with Crippen LogP contribution >= 0.6 is 64.8 Å². The van der Waals surface area contributed by atoms with Crippen LogP contribution in [0.4, 0.5) is 92.2 Å². The third-order valence-electron chi connectivity index (χ3n) is 30.7. The average Bonchev–Trinajstić information content (AvgIpc) is 1.45. The third-order valence-corrected chi connectivity index (χ3v) is 39.3. The van der Waals surface area contributed by atoms with E-state index in [0.29, 0.717) is 72.2 Å². The second-order valence-electron chi connectivity index (χ2n) is 39.0. The van der Waals surface area contributed by atoms with E-state index >= 15 is 0 Å². The number of benzene rings is 3. The van der Waals surface area contributed by atoms with Gasteiger partial charge in [0.25, 0.3) is 11.2 Å². The molecule has 8 fully saturated rings. The first-order chi connectivity index (χ1) is 65.7. The number of unbranched alkanes of at least 4 members (excludes halogenated alkanes) is 1. The number of alkyl halides is 21. The van der Waals surface area contributed by atoms with Crippen molar-refractivity contribution in [3.05, 3.63) is 101 Å². The van der Waals surface area contributed by atoms with Gasteiger partial charge in [-0.2, -0.15) is 111 Å². The van der Waals surface area contributed by atoms with E-state index in [1.165, 1.54) is 67.2 Å². The van der Waals surface area contributed by atoms with Crippen LogP contribution < -0.4 is 14.2 Å². The van der Waals surface area contributed by atoms with Crippen molar-refractivity contribution < 1.29 is 165 Å². The van der Waals surface area contributed by atoms with Crippen LogP contribution in [0.5, 0.6) is 17.2 Å². The van der Waals surface area contributed by atoms with Crippen molar-refractivity contribution in [2.75, 3.05) is 90.0 Å². The minimum absolute atomic E-state index is 0. The minimum atomic E-state index is -6.67. The van der Waals surface area contributed by atoms with Gasteiger partial charge in [0.05, 0.1) is 60.2 Å². The Bertz CT molecular complexity index is 4140. The molecular weight excluding hydrogens is 2120 g/mol. The van der Waals surface area contributed by atoms with E-state index in [-0.39, 0.29) is 104 Å². The fraction of sp³-hybridized carbons (Fsp3) is 0.798. The van der Waals surface area contributed by atoms with Crippen LogP contribution in [0.3, 0.4) is 0 Å². The molecular formula is C99H137F21O10S6W.